The van der Waals surface area contributed by atoms with Gasteiger partial charge in [-0.3, -0.25) is 4.79 Å². The van der Waals surface area contributed by atoms with Crippen molar-refractivity contribution in [1.29, 1.82) is 0 Å². The number of amides is 1. The highest BCUT2D eigenvalue weighted by atomic mass is 32.2. The Morgan fingerprint density at radius 1 is 1.17 bits per heavy atom. The number of benzene rings is 1. The van der Waals surface area contributed by atoms with Gasteiger partial charge in [-0.2, -0.15) is 4.98 Å². The summed E-state index contributed by atoms with van der Waals surface area (Å²) in [4.78, 5) is 23.8. The minimum Gasteiger partial charge on any atom is -0.486 e. The molecule has 0 saturated carbocycles. The van der Waals surface area contributed by atoms with Gasteiger partial charge in [-0.25, -0.2) is 9.50 Å². The van der Waals surface area contributed by atoms with E-state index in [1.807, 2.05) is 43.0 Å². The minimum atomic E-state index is 0.0644. The van der Waals surface area contributed by atoms with Gasteiger partial charge in [0.25, 0.3) is 5.78 Å². The van der Waals surface area contributed by atoms with Crippen LogP contribution in [0.2, 0.25) is 0 Å². The molecule has 156 valence electrons. The van der Waals surface area contributed by atoms with Gasteiger partial charge in [0, 0.05) is 17.9 Å². The summed E-state index contributed by atoms with van der Waals surface area (Å²) < 4.78 is 13.0. The molecule has 2 aliphatic rings. The van der Waals surface area contributed by atoms with E-state index in [1.54, 1.807) is 4.52 Å². The lowest BCUT2D eigenvalue weighted by molar-refractivity contribution is -0.129. The van der Waals surface area contributed by atoms with Crippen LogP contribution in [0.4, 0.5) is 0 Å². The van der Waals surface area contributed by atoms with Gasteiger partial charge < -0.3 is 14.4 Å². The lowest BCUT2D eigenvalue weighted by Gasteiger charge is -2.26. The summed E-state index contributed by atoms with van der Waals surface area (Å²) >= 11 is 1.36. The van der Waals surface area contributed by atoms with Gasteiger partial charge in [0.15, 0.2) is 11.5 Å². The van der Waals surface area contributed by atoms with Crippen LogP contribution in [0.15, 0.2) is 29.4 Å². The van der Waals surface area contributed by atoms with Crippen LogP contribution in [0.3, 0.4) is 0 Å². The second-order valence-corrected chi connectivity index (χ2v) is 8.52. The average molecular weight is 426 g/mol. The third kappa shape index (κ3) is 3.58. The number of carbonyl (C=O) groups is 1. The molecule has 30 heavy (non-hydrogen) atoms. The summed E-state index contributed by atoms with van der Waals surface area (Å²) in [6, 6.07) is 8.02. The molecule has 1 atom stereocenters. The van der Waals surface area contributed by atoms with Gasteiger partial charge in [0.05, 0.1) is 11.8 Å². The molecule has 0 unspecified atom stereocenters. The molecule has 9 heteroatoms. The Balaban J connectivity index is 1.29. The molecule has 0 radical (unpaired) electrons. The number of thioether (sulfide) groups is 1. The van der Waals surface area contributed by atoms with Gasteiger partial charge in [-0.05, 0) is 50.5 Å². The Bertz CT molecular complexity index is 1120. The summed E-state index contributed by atoms with van der Waals surface area (Å²) in [5.41, 5.74) is 2.97. The number of likely N-dealkylation sites (tertiary alicyclic amines) is 1. The van der Waals surface area contributed by atoms with E-state index in [2.05, 4.69) is 15.1 Å². The van der Waals surface area contributed by atoms with Crippen molar-refractivity contribution in [3.8, 4) is 11.5 Å². The quantitative estimate of drug-likeness (QED) is 0.595. The predicted octanol–water partition coefficient (Wildman–Crippen LogP) is 2.97. The molecule has 1 saturated heterocycles. The van der Waals surface area contributed by atoms with Crippen LogP contribution in [-0.2, 0) is 4.79 Å². The zero-order valence-electron chi connectivity index (χ0n) is 17.0. The average Bonchev–Trinajstić information content (AvgIpc) is 3.39. The van der Waals surface area contributed by atoms with Crippen LogP contribution in [0, 0.1) is 13.8 Å². The van der Waals surface area contributed by atoms with Crippen molar-refractivity contribution in [3.63, 3.8) is 0 Å². The Labute approximate surface area is 178 Å². The standard InChI is InChI=1S/C21H23N5O3S/c1-13-10-14(2)26-20(22-13)23-21(24-26)30-12-19(27)25-7-3-4-16(25)15-5-6-17-18(11-15)29-9-8-28-17/h5-6,10-11,16H,3-4,7-9,12H2,1-2H3/t16-/m0/s1. The van der Waals surface area contributed by atoms with E-state index in [-0.39, 0.29) is 11.9 Å². The Kier molecular flexibility index (Phi) is 4.98. The molecule has 2 aromatic heterocycles. The first-order valence-corrected chi connectivity index (χ1v) is 11.1. The van der Waals surface area contributed by atoms with Crippen LogP contribution in [0.5, 0.6) is 11.5 Å². The highest BCUT2D eigenvalue weighted by Gasteiger charge is 2.31. The van der Waals surface area contributed by atoms with E-state index >= 15 is 0 Å². The van der Waals surface area contributed by atoms with Crippen LogP contribution in [0.25, 0.3) is 5.78 Å². The van der Waals surface area contributed by atoms with E-state index in [9.17, 15) is 4.79 Å². The van der Waals surface area contributed by atoms with Crippen molar-refractivity contribution in [2.75, 3.05) is 25.5 Å². The lowest BCUT2D eigenvalue weighted by Crippen LogP contribution is -2.32. The van der Waals surface area contributed by atoms with E-state index in [1.165, 1.54) is 11.8 Å². The number of aryl methyl sites for hydroxylation is 2. The topological polar surface area (TPSA) is 81.9 Å². The molecule has 0 bridgehead atoms. The van der Waals surface area contributed by atoms with Crippen LogP contribution in [-0.4, -0.2) is 55.9 Å². The molecule has 3 aromatic rings. The molecular weight excluding hydrogens is 402 g/mol. The third-order valence-corrected chi connectivity index (χ3v) is 6.27. The monoisotopic (exact) mass is 425 g/mol. The summed E-state index contributed by atoms with van der Waals surface area (Å²) in [5, 5.41) is 5.05. The SMILES string of the molecule is Cc1cc(C)n2nc(SCC(=O)N3CCC[C@H]3c3ccc4c(c3)OCCO4)nc2n1. The fraction of sp³-hybridized carbons (Fsp3) is 0.429. The number of nitrogens with zero attached hydrogens (tertiary/aromatic N) is 5. The fourth-order valence-corrected chi connectivity index (χ4v) is 4.80. The first kappa shape index (κ1) is 19.2. The van der Waals surface area contributed by atoms with E-state index in [4.69, 9.17) is 9.47 Å². The normalized spacial score (nSPS) is 18.2. The summed E-state index contributed by atoms with van der Waals surface area (Å²) in [7, 11) is 0. The molecule has 0 N–H and O–H groups in total. The predicted molar refractivity (Wildman–Crippen MR) is 112 cm³/mol. The molecule has 0 spiro atoms. The molecule has 0 aliphatic carbocycles. The van der Waals surface area contributed by atoms with Crippen LogP contribution in [0.1, 0.15) is 35.8 Å². The zero-order valence-corrected chi connectivity index (χ0v) is 17.8. The molecule has 5 rings (SSSR count). The minimum absolute atomic E-state index is 0.0644. The second-order valence-electron chi connectivity index (χ2n) is 7.58. The van der Waals surface area contributed by atoms with Gasteiger partial charge in [0.1, 0.15) is 13.2 Å². The third-order valence-electron chi connectivity index (χ3n) is 5.45. The first-order valence-electron chi connectivity index (χ1n) is 10.1. The second kappa shape index (κ2) is 7.79. The Morgan fingerprint density at radius 3 is 2.87 bits per heavy atom. The molecule has 2 aliphatic heterocycles. The highest BCUT2D eigenvalue weighted by Crippen LogP contribution is 2.38. The Morgan fingerprint density at radius 2 is 2.00 bits per heavy atom. The number of aromatic nitrogens is 4. The number of ether oxygens (including phenoxy) is 2. The molecule has 8 nitrogen and oxygen atoms in total. The maximum atomic E-state index is 13.0. The van der Waals surface area contributed by atoms with Crippen molar-refractivity contribution in [2.24, 2.45) is 0 Å². The van der Waals surface area contributed by atoms with E-state index in [0.717, 1.165) is 47.8 Å². The maximum Gasteiger partial charge on any atom is 0.253 e. The number of hydrogen-bond acceptors (Lipinski definition) is 7. The summed E-state index contributed by atoms with van der Waals surface area (Å²) in [5.74, 6) is 2.50. The smallest absolute Gasteiger partial charge is 0.253 e. The van der Waals surface area contributed by atoms with E-state index < -0.39 is 0 Å². The number of rotatable bonds is 4. The summed E-state index contributed by atoms with van der Waals surface area (Å²) in [6.07, 6.45) is 1.94. The molecule has 4 heterocycles. The largest absolute Gasteiger partial charge is 0.486 e. The molecule has 1 aromatic carbocycles. The zero-order chi connectivity index (χ0) is 20.7. The van der Waals surface area contributed by atoms with Gasteiger partial charge in [-0.1, -0.05) is 17.8 Å². The first-order chi connectivity index (χ1) is 14.6. The molecule has 1 fully saturated rings. The van der Waals surface area contributed by atoms with Crippen LogP contribution >= 0.6 is 11.8 Å². The number of carbonyl (C=O) groups excluding carboxylic acids is 1. The van der Waals surface area contributed by atoms with Crippen molar-refractivity contribution in [3.05, 3.63) is 41.2 Å². The van der Waals surface area contributed by atoms with Crippen molar-refractivity contribution in [1.82, 2.24) is 24.5 Å². The highest BCUT2D eigenvalue weighted by molar-refractivity contribution is 7.99. The maximum absolute atomic E-state index is 13.0. The Hall–Kier alpha value is -2.81. The van der Waals surface area contributed by atoms with Gasteiger partial charge in [-0.15, -0.1) is 5.10 Å². The van der Waals surface area contributed by atoms with E-state index in [0.29, 0.717) is 29.9 Å². The van der Waals surface area contributed by atoms with Crippen molar-refractivity contribution in [2.45, 2.75) is 37.9 Å². The van der Waals surface area contributed by atoms with Crippen molar-refractivity contribution >= 4 is 23.4 Å². The lowest BCUT2D eigenvalue weighted by atomic mass is 10.0. The fourth-order valence-electron chi connectivity index (χ4n) is 4.10. The summed E-state index contributed by atoms with van der Waals surface area (Å²) in [6.45, 7) is 5.79. The van der Waals surface area contributed by atoms with Gasteiger partial charge in [0.2, 0.25) is 11.1 Å². The molecule has 1 amide bonds. The number of hydrogen-bond donors (Lipinski definition) is 0. The number of fused-ring (bicyclic) bond motifs is 2. The van der Waals surface area contributed by atoms with Gasteiger partial charge >= 0.3 is 0 Å². The van der Waals surface area contributed by atoms with Crippen molar-refractivity contribution < 1.29 is 14.3 Å². The van der Waals surface area contributed by atoms with Crippen LogP contribution < -0.4 is 9.47 Å². The molecular formula is C21H23N5O3S.